The maximum atomic E-state index is 12.3. The van der Waals surface area contributed by atoms with Gasteiger partial charge in [0.25, 0.3) is 0 Å². The summed E-state index contributed by atoms with van der Waals surface area (Å²) in [6.45, 7) is 1.43. The molecule has 0 aliphatic carbocycles. The van der Waals surface area contributed by atoms with Crippen LogP contribution in [0, 0.1) is 0 Å². The van der Waals surface area contributed by atoms with Gasteiger partial charge in [0, 0.05) is 18.7 Å². The second kappa shape index (κ2) is 7.92. The topological polar surface area (TPSA) is 102 Å². The van der Waals surface area contributed by atoms with Crippen LogP contribution in [0.3, 0.4) is 0 Å². The smallest absolute Gasteiger partial charge is 0.323 e. The molecule has 0 aliphatic rings. The number of carbonyl (C=O) groups is 2. The number of hydrogen-bond acceptors (Lipinski definition) is 6. The van der Waals surface area contributed by atoms with E-state index >= 15 is 0 Å². The number of nitrogens with one attached hydrogen (secondary N) is 3. The molecule has 0 spiro atoms. The third kappa shape index (κ3) is 4.45. The maximum absolute atomic E-state index is 12.3. The molecule has 140 valence electrons. The Bertz CT molecular complexity index is 1000. The number of amides is 3. The summed E-state index contributed by atoms with van der Waals surface area (Å²) in [5.74, 6) is 0.936. The van der Waals surface area contributed by atoms with E-state index in [4.69, 9.17) is 9.47 Å². The SMILES string of the molecule is COc1ccc(NC(=O)Nc2ccc3nc(NC(C)=O)sc3c2)c(OC)c1. The molecule has 0 saturated carbocycles. The fourth-order valence-corrected chi connectivity index (χ4v) is 3.34. The first-order valence-corrected chi connectivity index (χ1v) is 8.78. The van der Waals surface area contributed by atoms with Gasteiger partial charge in [0.05, 0.1) is 30.1 Å². The van der Waals surface area contributed by atoms with Crippen molar-refractivity contribution in [3.05, 3.63) is 36.4 Å². The molecular weight excluding hydrogens is 368 g/mol. The lowest BCUT2D eigenvalue weighted by Crippen LogP contribution is -2.19. The number of benzene rings is 2. The Morgan fingerprint density at radius 1 is 1.00 bits per heavy atom. The van der Waals surface area contributed by atoms with Crippen molar-refractivity contribution in [3.63, 3.8) is 0 Å². The fraction of sp³-hybridized carbons (Fsp3) is 0.167. The molecule has 8 nitrogen and oxygen atoms in total. The van der Waals surface area contributed by atoms with Crippen molar-refractivity contribution < 1.29 is 19.1 Å². The molecule has 0 aliphatic heterocycles. The van der Waals surface area contributed by atoms with Crippen molar-refractivity contribution in [2.75, 3.05) is 30.2 Å². The van der Waals surface area contributed by atoms with Crippen LogP contribution < -0.4 is 25.4 Å². The normalized spacial score (nSPS) is 10.3. The molecule has 0 unspecified atom stereocenters. The van der Waals surface area contributed by atoms with Crippen LogP contribution in [0.15, 0.2) is 36.4 Å². The van der Waals surface area contributed by atoms with E-state index in [0.717, 1.165) is 10.2 Å². The van der Waals surface area contributed by atoms with Crippen molar-refractivity contribution in [2.24, 2.45) is 0 Å². The molecule has 3 aromatic rings. The number of rotatable bonds is 5. The van der Waals surface area contributed by atoms with Gasteiger partial charge >= 0.3 is 6.03 Å². The molecule has 9 heteroatoms. The summed E-state index contributed by atoms with van der Waals surface area (Å²) >= 11 is 1.33. The third-order valence-electron chi connectivity index (χ3n) is 3.59. The fourth-order valence-electron chi connectivity index (χ4n) is 2.39. The lowest BCUT2D eigenvalue weighted by Gasteiger charge is -2.12. The van der Waals surface area contributed by atoms with E-state index in [1.807, 2.05) is 0 Å². The molecule has 0 radical (unpaired) electrons. The first kappa shape index (κ1) is 18.5. The summed E-state index contributed by atoms with van der Waals surface area (Å²) in [5.41, 5.74) is 1.86. The molecule has 3 amide bonds. The van der Waals surface area contributed by atoms with E-state index in [1.54, 1.807) is 43.5 Å². The van der Waals surface area contributed by atoms with Gasteiger partial charge in [-0.1, -0.05) is 11.3 Å². The predicted molar refractivity (Wildman–Crippen MR) is 106 cm³/mol. The quantitative estimate of drug-likeness (QED) is 0.617. The molecule has 0 bridgehead atoms. The monoisotopic (exact) mass is 386 g/mol. The van der Waals surface area contributed by atoms with Crippen LogP contribution in [0.1, 0.15) is 6.92 Å². The number of nitrogens with zero attached hydrogens (tertiary/aromatic N) is 1. The molecule has 1 heterocycles. The highest BCUT2D eigenvalue weighted by atomic mass is 32.1. The summed E-state index contributed by atoms with van der Waals surface area (Å²) in [6.07, 6.45) is 0. The highest BCUT2D eigenvalue weighted by molar-refractivity contribution is 7.22. The van der Waals surface area contributed by atoms with Crippen molar-refractivity contribution >= 4 is 50.0 Å². The molecule has 0 atom stereocenters. The molecule has 3 rings (SSSR count). The van der Waals surface area contributed by atoms with Crippen LogP contribution in [-0.2, 0) is 4.79 Å². The Kier molecular flexibility index (Phi) is 5.41. The first-order chi connectivity index (χ1) is 13.0. The Hall–Kier alpha value is -3.33. The summed E-state index contributed by atoms with van der Waals surface area (Å²) in [7, 11) is 3.07. The maximum Gasteiger partial charge on any atom is 0.323 e. The summed E-state index contributed by atoms with van der Waals surface area (Å²) in [5, 5.41) is 8.68. The van der Waals surface area contributed by atoms with Gasteiger partial charge in [-0.25, -0.2) is 9.78 Å². The number of urea groups is 1. The van der Waals surface area contributed by atoms with Crippen molar-refractivity contribution in [1.82, 2.24) is 4.98 Å². The van der Waals surface area contributed by atoms with Gasteiger partial charge in [-0.15, -0.1) is 0 Å². The zero-order chi connectivity index (χ0) is 19.4. The lowest BCUT2D eigenvalue weighted by molar-refractivity contribution is -0.114. The number of anilines is 3. The standard InChI is InChI=1S/C18H18N4O4S/c1-10(23)19-18-22-14-6-4-11(8-16(14)27-18)20-17(24)21-13-7-5-12(25-2)9-15(13)26-3/h4-9H,1-3H3,(H,19,22,23)(H2,20,21,24). The molecule has 0 fully saturated rings. The Morgan fingerprint density at radius 3 is 2.52 bits per heavy atom. The van der Waals surface area contributed by atoms with Gasteiger partial charge in [0.15, 0.2) is 5.13 Å². The summed E-state index contributed by atoms with van der Waals surface area (Å²) in [6, 6.07) is 10.0. The molecule has 1 aromatic heterocycles. The Balaban J connectivity index is 1.73. The van der Waals surface area contributed by atoms with Gasteiger partial charge < -0.3 is 25.4 Å². The van der Waals surface area contributed by atoms with Crippen LogP contribution in [-0.4, -0.2) is 31.1 Å². The van der Waals surface area contributed by atoms with Crippen molar-refractivity contribution in [3.8, 4) is 11.5 Å². The van der Waals surface area contributed by atoms with E-state index in [9.17, 15) is 9.59 Å². The highest BCUT2D eigenvalue weighted by Crippen LogP contribution is 2.30. The van der Waals surface area contributed by atoms with Crippen LogP contribution in [0.25, 0.3) is 10.2 Å². The minimum absolute atomic E-state index is 0.180. The van der Waals surface area contributed by atoms with E-state index in [1.165, 1.54) is 25.4 Å². The van der Waals surface area contributed by atoms with Crippen LogP contribution >= 0.6 is 11.3 Å². The minimum atomic E-state index is -0.413. The summed E-state index contributed by atoms with van der Waals surface area (Å²) < 4.78 is 11.3. The molecule has 27 heavy (non-hydrogen) atoms. The van der Waals surface area contributed by atoms with Crippen LogP contribution in [0.2, 0.25) is 0 Å². The minimum Gasteiger partial charge on any atom is -0.497 e. The average Bonchev–Trinajstić information content (AvgIpc) is 3.02. The van der Waals surface area contributed by atoms with Gasteiger partial charge in [-0.3, -0.25) is 4.79 Å². The number of carbonyl (C=O) groups excluding carboxylic acids is 2. The molecule has 3 N–H and O–H groups in total. The van der Waals surface area contributed by atoms with Crippen molar-refractivity contribution in [1.29, 1.82) is 0 Å². The number of aromatic nitrogens is 1. The second-order valence-electron chi connectivity index (χ2n) is 5.53. The van der Waals surface area contributed by atoms with Gasteiger partial charge in [0.2, 0.25) is 5.91 Å². The highest BCUT2D eigenvalue weighted by Gasteiger charge is 2.11. The van der Waals surface area contributed by atoms with E-state index in [2.05, 4.69) is 20.9 Å². The largest absolute Gasteiger partial charge is 0.497 e. The third-order valence-corrected chi connectivity index (χ3v) is 4.52. The zero-order valence-electron chi connectivity index (χ0n) is 15.0. The van der Waals surface area contributed by atoms with Gasteiger partial charge in [0.1, 0.15) is 11.5 Å². The van der Waals surface area contributed by atoms with Crippen LogP contribution in [0.4, 0.5) is 21.3 Å². The molecule has 2 aromatic carbocycles. The number of methoxy groups -OCH3 is 2. The number of ether oxygens (including phenoxy) is 2. The van der Waals surface area contributed by atoms with Crippen LogP contribution in [0.5, 0.6) is 11.5 Å². The Morgan fingerprint density at radius 2 is 1.81 bits per heavy atom. The van der Waals surface area contributed by atoms with Gasteiger partial charge in [-0.05, 0) is 30.3 Å². The Labute approximate surface area is 159 Å². The molecule has 0 saturated heterocycles. The van der Waals surface area contributed by atoms with E-state index in [0.29, 0.717) is 28.0 Å². The number of thiazole rings is 1. The van der Waals surface area contributed by atoms with Crippen molar-refractivity contribution in [2.45, 2.75) is 6.92 Å². The molecular formula is C18H18N4O4S. The zero-order valence-corrected chi connectivity index (χ0v) is 15.8. The van der Waals surface area contributed by atoms with Gasteiger partial charge in [-0.2, -0.15) is 0 Å². The number of fused-ring (bicyclic) bond motifs is 1. The van der Waals surface area contributed by atoms with E-state index in [-0.39, 0.29) is 5.91 Å². The second-order valence-corrected chi connectivity index (χ2v) is 6.56. The summed E-state index contributed by atoms with van der Waals surface area (Å²) in [4.78, 5) is 27.8. The van der Waals surface area contributed by atoms with E-state index < -0.39 is 6.03 Å². The first-order valence-electron chi connectivity index (χ1n) is 7.96. The lowest BCUT2D eigenvalue weighted by atomic mass is 10.2. The predicted octanol–water partition coefficient (Wildman–Crippen LogP) is 3.92. The average molecular weight is 386 g/mol. The number of hydrogen-bond donors (Lipinski definition) is 3.